The van der Waals surface area contributed by atoms with Crippen LogP contribution in [0.25, 0.3) is 0 Å². The van der Waals surface area contributed by atoms with Gasteiger partial charge in [-0.2, -0.15) is 0 Å². The van der Waals surface area contributed by atoms with Crippen molar-refractivity contribution in [1.82, 2.24) is 10.2 Å². The molecular weight excluding hydrogens is 256 g/mol. The first kappa shape index (κ1) is 14.8. The van der Waals surface area contributed by atoms with Crippen LogP contribution in [0, 0.1) is 0 Å². The molecule has 1 saturated heterocycles. The van der Waals surface area contributed by atoms with E-state index in [4.69, 9.17) is 4.74 Å². The summed E-state index contributed by atoms with van der Waals surface area (Å²) in [5, 5.41) is 12.4. The fraction of sp³-hybridized carbons (Fsp3) is 0.533. The molecule has 0 aromatic heterocycles. The summed E-state index contributed by atoms with van der Waals surface area (Å²) in [5.41, 5.74) is 1.08. The summed E-state index contributed by atoms with van der Waals surface area (Å²) in [7, 11) is 0. The van der Waals surface area contributed by atoms with Gasteiger partial charge in [0.1, 0.15) is 11.8 Å². The maximum Gasteiger partial charge on any atom is 0.322 e. The van der Waals surface area contributed by atoms with Gasteiger partial charge in [0.05, 0.1) is 6.10 Å². The summed E-state index contributed by atoms with van der Waals surface area (Å²) in [5.74, 6) is 0.0614. The number of carboxylic acids is 1. The Hall–Kier alpha value is -1.59. The van der Waals surface area contributed by atoms with Crippen LogP contribution in [-0.4, -0.2) is 47.8 Å². The summed E-state index contributed by atoms with van der Waals surface area (Å²) >= 11 is 0. The maximum atomic E-state index is 11.3. The predicted molar refractivity (Wildman–Crippen MR) is 76.9 cm³/mol. The molecule has 5 nitrogen and oxygen atoms in total. The quantitative estimate of drug-likeness (QED) is 0.851. The van der Waals surface area contributed by atoms with Crippen molar-refractivity contribution in [1.29, 1.82) is 0 Å². The van der Waals surface area contributed by atoms with Crippen LogP contribution in [0.3, 0.4) is 0 Å². The zero-order chi connectivity index (χ0) is 14.5. The lowest BCUT2D eigenvalue weighted by molar-refractivity contribution is -0.144. The van der Waals surface area contributed by atoms with Crippen LogP contribution in [0.5, 0.6) is 5.75 Å². The van der Waals surface area contributed by atoms with Gasteiger partial charge in [-0.1, -0.05) is 12.1 Å². The van der Waals surface area contributed by atoms with Gasteiger partial charge >= 0.3 is 5.97 Å². The minimum atomic E-state index is -0.771. The Kier molecular flexibility index (Phi) is 4.98. The number of benzene rings is 1. The third-order valence-electron chi connectivity index (χ3n) is 3.30. The Balaban J connectivity index is 2.06. The van der Waals surface area contributed by atoms with Crippen LogP contribution in [0.2, 0.25) is 0 Å². The van der Waals surface area contributed by atoms with Gasteiger partial charge in [-0.15, -0.1) is 0 Å². The number of rotatable bonds is 5. The van der Waals surface area contributed by atoms with Gasteiger partial charge in [-0.05, 0) is 31.5 Å². The Morgan fingerprint density at radius 3 is 3.05 bits per heavy atom. The molecule has 5 heteroatoms. The van der Waals surface area contributed by atoms with Crippen LogP contribution < -0.4 is 10.1 Å². The number of nitrogens with one attached hydrogen (secondary N) is 1. The zero-order valence-corrected chi connectivity index (χ0v) is 12.0. The van der Waals surface area contributed by atoms with E-state index < -0.39 is 12.0 Å². The molecule has 1 aliphatic heterocycles. The van der Waals surface area contributed by atoms with E-state index in [0.29, 0.717) is 13.1 Å². The molecule has 2 rings (SSSR count). The number of aliphatic carboxylic acids is 1. The van der Waals surface area contributed by atoms with Gasteiger partial charge in [-0.3, -0.25) is 9.69 Å². The van der Waals surface area contributed by atoms with Crippen molar-refractivity contribution in [2.45, 2.75) is 32.5 Å². The molecule has 1 fully saturated rings. The van der Waals surface area contributed by atoms with Crippen molar-refractivity contribution in [3.05, 3.63) is 29.8 Å². The molecule has 20 heavy (non-hydrogen) atoms. The third-order valence-corrected chi connectivity index (χ3v) is 3.30. The predicted octanol–water partition coefficient (Wildman–Crippen LogP) is 1.33. The first-order valence-electron chi connectivity index (χ1n) is 6.99. The molecule has 1 unspecified atom stereocenters. The number of ether oxygens (including phenoxy) is 1. The van der Waals surface area contributed by atoms with Gasteiger partial charge in [0.15, 0.2) is 0 Å². The highest BCUT2D eigenvalue weighted by molar-refractivity contribution is 5.74. The normalized spacial score (nSPS) is 20.1. The summed E-state index contributed by atoms with van der Waals surface area (Å²) in [6.07, 6.45) is 0.135. The first-order valence-corrected chi connectivity index (χ1v) is 6.99. The van der Waals surface area contributed by atoms with Gasteiger partial charge in [-0.25, -0.2) is 0 Å². The molecule has 1 aliphatic rings. The van der Waals surface area contributed by atoms with E-state index >= 15 is 0 Å². The fourth-order valence-corrected chi connectivity index (χ4v) is 2.40. The van der Waals surface area contributed by atoms with E-state index in [2.05, 4.69) is 5.32 Å². The Morgan fingerprint density at radius 2 is 2.35 bits per heavy atom. The highest BCUT2D eigenvalue weighted by atomic mass is 16.5. The van der Waals surface area contributed by atoms with Crippen LogP contribution in [-0.2, 0) is 11.3 Å². The minimum absolute atomic E-state index is 0.135. The summed E-state index contributed by atoms with van der Waals surface area (Å²) in [4.78, 5) is 13.3. The molecule has 110 valence electrons. The summed E-state index contributed by atoms with van der Waals surface area (Å²) in [6.45, 7) is 6.68. The SMILES string of the molecule is CC(C)Oc1cccc(CN2CCNCC2C(=O)O)c1. The van der Waals surface area contributed by atoms with Crippen LogP contribution in [0.1, 0.15) is 19.4 Å². The highest BCUT2D eigenvalue weighted by Crippen LogP contribution is 2.18. The summed E-state index contributed by atoms with van der Waals surface area (Å²) < 4.78 is 5.67. The monoisotopic (exact) mass is 278 g/mol. The smallest absolute Gasteiger partial charge is 0.322 e. The molecule has 1 aromatic rings. The third kappa shape index (κ3) is 3.95. The molecule has 1 atom stereocenters. The van der Waals surface area contributed by atoms with E-state index in [1.165, 1.54) is 0 Å². The summed E-state index contributed by atoms with van der Waals surface area (Å²) in [6, 6.07) is 7.41. The number of piperazine rings is 1. The molecule has 1 aromatic carbocycles. The van der Waals surface area contributed by atoms with Gasteiger partial charge in [0.2, 0.25) is 0 Å². The van der Waals surface area contributed by atoms with Crippen LogP contribution >= 0.6 is 0 Å². The molecule has 0 aliphatic carbocycles. The highest BCUT2D eigenvalue weighted by Gasteiger charge is 2.28. The Bertz CT molecular complexity index is 462. The lowest BCUT2D eigenvalue weighted by Gasteiger charge is -2.33. The molecule has 0 radical (unpaired) electrons. The Morgan fingerprint density at radius 1 is 1.55 bits per heavy atom. The second-order valence-corrected chi connectivity index (χ2v) is 5.34. The lowest BCUT2D eigenvalue weighted by Crippen LogP contribution is -2.54. The van der Waals surface area contributed by atoms with Crippen LogP contribution in [0.4, 0.5) is 0 Å². The topological polar surface area (TPSA) is 61.8 Å². The van der Waals surface area contributed by atoms with Crippen molar-refractivity contribution < 1.29 is 14.6 Å². The van der Waals surface area contributed by atoms with Crippen molar-refractivity contribution >= 4 is 5.97 Å². The largest absolute Gasteiger partial charge is 0.491 e. The van der Waals surface area contributed by atoms with Gasteiger partial charge < -0.3 is 15.2 Å². The molecule has 1 heterocycles. The molecule has 2 N–H and O–H groups in total. The van der Waals surface area contributed by atoms with Crippen molar-refractivity contribution in [3.63, 3.8) is 0 Å². The van der Waals surface area contributed by atoms with E-state index in [-0.39, 0.29) is 6.10 Å². The van der Waals surface area contributed by atoms with Gasteiger partial charge in [0.25, 0.3) is 0 Å². The second-order valence-electron chi connectivity index (χ2n) is 5.34. The van der Waals surface area contributed by atoms with Crippen molar-refractivity contribution in [2.24, 2.45) is 0 Å². The van der Waals surface area contributed by atoms with Crippen LogP contribution in [0.15, 0.2) is 24.3 Å². The minimum Gasteiger partial charge on any atom is -0.491 e. The molecule has 0 amide bonds. The fourth-order valence-electron chi connectivity index (χ4n) is 2.40. The van der Waals surface area contributed by atoms with E-state index in [0.717, 1.165) is 24.4 Å². The second kappa shape index (κ2) is 6.72. The molecule has 0 spiro atoms. The van der Waals surface area contributed by atoms with E-state index in [1.54, 1.807) is 0 Å². The maximum absolute atomic E-state index is 11.3. The number of carbonyl (C=O) groups is 1. The first-order chi connectivity index (χ1) is 9.56. The zero-order valence-electron chi connectivity index (χ0n) is 12.0. The number of hydrogen-bond acceptors (Lipinski definition) is 4. The van der Waals surface area contributed by atoms with E-state index in [1.807, 2.05) is 43.0 Å². The van der Waals surface area contributed by atoms with E-state index in [9.17, 15) is 9.90 Å². The lowest BCUT2D eigenvalue weighted by atomic mass is 10.1. The molecular formula is C15H22N2O3. The standard InChI is InChI=1S/C15H22N2O3/c1-11(2)20-13-5-3-4-12(8-13)10-17-7-6-16-9-14(17)15(18)19/h3-5,8,11,14,16H,6-7,9-10H2,1-2H3,(H,18,19). The average Bonchev–Trinajstić information content (AvgIpc) is 2.38. The van der Waals surface area contributed by atoms with Crippen molar-refractivity contribution in [2.75, 3.05) is 19.6 Å². The number of carboxylic acid groups (broad SMARTS) is 1. The number of hydrogen-bond donors (Lipinski definition) is 2. The van der Waals surface area contributed by atoms with Crippen molar-refractivity contribution in [3.8, 4) is 5.75 Å². The molecule has 0 bridgehead atoms. The number of nitrogens with zero attached hydrogens (tertiary/aromatic N) is 1. The Labute approximate surface area is 119 Å². The van der Waals surface area contributed by atoms with Gasteiger partial charge in [0, 0.05) is 26.2 Å². The molecule has 0 saturated carbocycles. The average molecular weight is 278 g/mol.